The maximum absolute atomic E-state index is 13.5. The average Bonchev–Trinajstić information content (AvgIpc) is 0.819. The fraction of sp³-hybridized carbons (Fsp3) is 0.396. The smallest absolute Gasteiger partial charge is 0.316 e. The summed E-state index contributed by atoms with van der Waals surface area (Å²) in [4.78, 5) is 119. The first kappa shape index (κ1) is 94.7. The van der Waals surface area contributed by atoms with E-state index in [0.29, 0.717) is 134 Å². The molecular weight excluding hydrogens is 1570 g/mol. The molecule has 0 aliphatic heterocycles. The molecule has 8 rings (SSSR count). The Morgan fingerprint density at radius 2 is 0.426 bits per heavy atom. The zero-order chi connectivity index (χ0) is 88.1. The summed E-state index contributed by atoms with van der Waals surface area (Å²) in [6.45, 7) is 7.39. The molecule has 8 N–H and O–H groups in total. The van der Waals surface area contributed by atoms with Gasteiger partial charge in [-0.1, -0.05) is 109 Å². The van der Waals surface area contributed by atoms with Crippen molar-refractivity contribution in [2.45, 2.75) is 195 Å². The number of carboxylic acids is 8. The van der Waals surface area contributed by atoms with E-state index in [9.17, 15) is 88.8 Å². The van der Waals surface area contributed by atoms with E-state index in [-0.39, 0.29) is 130 Å². The first-order valence-corrected chi connectivity index (χ1v) is 41.2. The molecule has 26 heteroatoms. The van der Waals surface area contributed by atoms with Crippen LogP contribution in [-0.4, -0.2) is 140 Å². The lowest BCUT2D eigenvalue weighted by Crippen LogP contribution is -2.29. The number of carboxylic acid groups (broad SMARTS) is 8. The van der Waals surface area contributed by atoms with Crippen molar-refractivity contribution in [1.82, 2.24) is 0 Å². The van der Waals surface area contributed by atoms with Crippen LogP contribution in [0.25, 0.3) is 0 Å². The number of aryl methyl sites for hydroxylation is 2. The molecule has 0 atom stereocenters. The predicted octanol–water partition coefficient (Wildman–Crippen LogP) is 16.9. The van der Waals surface area contributed by atoms with Crippen molar-refractivity contribution in [3.63, 3.8) is 0 Å². The minimum atomic E-state index is -0.982. The van der Waals surface area contributed by atoms with E-state index in [1.54, 1.807) is 52.0 Å². The number of aliphatic carboxylic acids is 8. The molecule has 8 aromatic carbocycles. The quantitative estimate of drug-likeness (QED) is 0.00997. The van der Waals surface area contributed by atoms with Crippen LogP contribution in [0, 0.1) is 10.8 Å². The molecule has 0 saturated carbocycles. The van der Waals surface area contributed by atoms with E-state index >= 15 is 0 Å². The first-order chi connectivity index (χ1) is 58.3. The highest BCUT2D eigenvalue weighted by molar-refractivity contribution is 5.80. The Morgan fingerprint density at radius 3 is 0.648 bits per heavy atom. The van der Waals surface area contributed by atoms with Crippen LogP contribution in [0.15, 0.2) is 158 Å². The topological polar surface area (TPSA) is 406 Å². The molecule has 26 nitrogen and oxygen atoms in total. The summed E-state index contributed by atoms with van der Waals surface area (Å²) in [5.74, 6) is -5.06. The highest BCUT2D eigenvalue weighted by atomic mass is 16.5. The molecule has 0 saturated heterocycles. The number of ether oxygens (including phenoxy) is 8. The second-order valence-electron chi connectivity index (χ2n) is 31.5. The van der Waals surface area contributed by atoms with Crippen LogP contribution < -0.4 is 37.9 Å². The van der Waals surface area contributed by atoms with Gasteiger partial charge in [-0.2, -0.15) is 0 Å². The summed E-state index contributed by atoms with van der Waals surface area (Å²) < 4.78 is 50.3. The first-order valence-electron chi connectivity index (χ1n) is 41.2. The standard InChI is InChI=1S/C96H110O26/c1-95(2,43-9-21-85(97)98)93(113)121-77-19-7-5-17-71(77)51-65-31-37-75(81(59-65)117-47-13-25-89(105)106)55-67-33-39-73(83(61-67)119-49-15-27-91(109)110)53-63-29-35-69(79(57-63)115-45-11-23-87(101)102)41-42-70-36-30-64(58-80(70)116-46-12-24-88(103)104)54-74-40-34-68(62-84(74)120-50-16-28-92(111)112)56-76-38-32-66(60-82(76)118-48-14-26-90(107)108)52-72-18-6-8-20-78(72)122-94(114)96(3,4)44-10-22-86(99)100/h5-8,17-20,29-40,57-62H,9-16,21-28,41-56H2,1-4H3,(H,97,98)(H,99,100)(H,101,102)(H,103,104)(H,105,106)(H,107,108)(H,109,110)(H,111,112). The lowest BCUT2D eigenvalue weighted by molar-refractivity contribution is -0.145. The SMILES string of the molecule is CC(C)(CCCC(=O)O)C(=O)Oc1ccccc1Cc1ccc(Cc2ccc(Cc3ccc(CCc4ccc(Cc5ccc(Cc6ccc(Cc7ccccc7OC(=O)C(C)(C)CCCC(=O)O)cc6OCCCC(=O)O)cc5OCCCC(=O)O)cc4OCCCC(=O)O)c(OCCCC(=O)O)c3)c(OCCCC(=O)O)c2)c(OCCCC(=O)O)c1. The van der Waals surface area contributed by atoms with E-state index in [4.69, 9.17) is 37.9 Å². The van der Waals surface area contributed by atoms with Crippen LogP contribution in [0.3, 0.4) is 0 Å². The summed E-state index contributed by atoms with van der Waals surface area (Å²) in [7, 11) is 0. The number of hydrogen-bond acceptors (Lipinski definition) is 18. The Kier molecular flexibility index (Phi) is 37.2. The van der Waals surface area contributed by atoms with Gasteiger partial charge in [-0.25, -0.2) is 0 Å². The second kappa shape index (κ2) is 47.9. The largest absolute Gasteiger partial charge is 0.493 e. The van der Waals surface area contributed by atoms with Gasteiger partial charge < -0.3 is 78.7 Å². The summed E-state index contributed by atoms with van der Waals surface area (Å²) in [5, 5.41) is 75.6. The summed E-state index contributed by atoms with van der Waals surface area (Å²) >= 11 is 0. The summed E-state index contributed by atoms with van der Waals surface area (Å²) in [5.41, 5.74) is 8.99. The zero-order valence-corrected chi connectivity index (χ0v) is 69.6. The maximum atomic E-state index is 13.5. The molecular formula is C96H110O26. The molecule has 0 radical (unpaired) electrons. The van der Waals surface area contributed by atoms with Crippen LogP contribution in [-0.2, 0) is 99.3 Å². The van der Waals surface area contributed by atoms with Gasteiger partial charge in [0.1, 0.15) is 46.0 Å². The van der Waals surface area contributed by atoms with Gasteiger partial charge in [-0.3, -0.25) is 47.9 Å². The second-order valence-corrected chi connectivity index (χ2v) is 31.5. The number of hydrogen-bond donors (Lipinski definition) is 8. The Balaban J connectivity index is 1.05. The average molecular weight is 1680 g/mol. The maximum Gasteiger partial charge on any atom is 0.316 e. The zero-order valence-electron chi connectivity index (χ0n) is 69.6. The normalized spacial score (nSPS) is 11.3. The molecule has 0 aromatic heterocycles. The number of carbonyl (C=O) groups is 10. The van der Waals surface area contributed by atoms with Gasteiger partial charge in [-0.05, 0) is 231 Å². The fourth-order valence-electron chi connectivity index (χ4n) is 13.6. The molecule has 0 aliphatic carbocycles. The van der Waals surface area contributed by atoms with E-state index in [1.807, 2.05) is 133 Å². The van der Waals surface area contributed by atoms with Crippen LogP contribution in [0.4, 0.5) is 0 Å². The lowest BCUT2D eigenvalue weighted by Gasteiger charge is -2.23. The van der Waals surface area contributed by atoms with Crippen LogP contribution in [0.1, 0.15) is 221 Å². The minimum absolute atomic E-state index is 0.0794. The molecule has 0 amide bonds. The van der Waals surface area contributed by atoms with E-state index in [0.717, 1.165) is 66.8 Å². The molecule has 650 valence electrons. The molecule has 0 aliphatic rings. The van der Waals surface area contributed by atoms with Crippen LogP contribution >= 0.6 is 0 Å². The van der Waals surface area contributed by atoms with Crippen molar-refractivity contribution in [2.24, 2.45) is 10.8 Å². The number of benzene rings is 8. The van der Waals surface area contributed by atoms with Gasteiger partial charge in [0.2, 0.25) is 0 Å². The molecule has 0 spiro atoms. The molecule has 0 bridgehead atoms. The van der Waals surface area contributed by atoms with E-state index in [2.05, 4.69) is 0 Å². The summed E-state index contributed by atoms with van der Waals surface area (Å²) in [6, 6.07) is 48.9. The van der Waals surface area contributed by atoms with Crippen molar-refractivity contribution in [2.75, 3.05) is 39.6 Å². The number of para-hydroxylation sites is 2. The van der Waals surface area contributed by atoms with Crippen molar-refractivity contribution >= 4 is 59.7 Å². The molecule has 8 aromatic rings. The van der Waals surface area contributed by atoms with Crippen molar-refractivity contribution in [1.29, 1.82) is 0 Å². The van der Waals surface area contributed by atoms with Gasteiger partial charge in [0.25, 0.3) is 0 Å². The third kappa shape index (κ3) is 32.8. The Bertz CT molecular complexity index is 4610. The number of carbonyl (C=O) groups excluding carboxylic acids is 2. The molecule has 0 unspecified atom stereocenters. The van der Waals surface area contributed by atoms with E-state index in [1.165, 1.54) is 0 Å². The Labute approximate surface area is 709 Å². The third-order valence-corrected chi connectivity index (χ3v) is 20.4. The molecule has 122 heavy (non-hydrogen) atoms. The number of rotatable bonds is 57. The number of esters is 2. The Hall–Kier alpha value is -12.7. The van der Waals surface area contributed by atoms with Crippen molar-refractivity contribution in [3.8, 4) is 46.0 Å². The van der Waals surface area contributed by atoms with Gasteiger partial charge in [-0.15, -0.1) is 0 Å². The third-order valence-electron chi connectivity index (χ3n) is 20.4. The van der Waals surface area contributed by atoms with Crippen LogP contribution in [0.2, 0.25) is 0 Å². The van der Waals surface area contributed by atoms with E-state index < -0.39 is 70.5 Å². The molecule has 0 heterocycles. The lowest BCUT2D eigenvalue weighted by atomic mass is 9.87. The van der Waals surface area contributed by atoms with Crippen molar-refractivity contribution < 1.29 is 127 Å². The van der Waals surface area contributed by atoms with Gasteiger partial charge in [0, 0.05) is 89.9 Å². The highest BCUT2D eigenvalue weighted by Crippen LogP contribution is 2.38. The van der Waals surface area contributed by atoms with Crippen molar-refractivity contribution in [3.05, 3.63) is 236 Å². The van der Waals surface area contributed by atoms with Crippen LogP contribution in [0.5, 0.6) is 46.0 Å². The molecule has 0 fully saturated rings. The fourth-order valence-corrected chi connectivity index (χ4v) is 13.6. The Morgan fingerprint density at radius 1 is 0.238 bits per heavy atom. The monoisotopic (exact) mass is 1680 g/mol. The highest BCUT2D eigenvalue weighted by Gasteiger charge is 2.32. The van der Waals surface area contributed by atoms with Gasteiger partial charge in [0.05, 0.1) is 50.5 Å². The summed E-state index contributed by atoms with van der Waals surface area (Å²) in [6.07, 6.45) is 4.40. The predicted molar refractivity (Wildman–Crippen MR) is 452 cm³/mol. The minimum Gasteiger partial charge on any atom is -0.493 e. The van der Waals surface area contributed by atoms with Gasteiger partial charge >= 0.3 is 59.7 Å². The van der Waals surface area contributed by atoms with Gasteiger partial charge in [0.15, 0.2) is 0 Å².